The van der Waals surface area contributed by atoms with Crippen molar-refractivity contribution in [2.45, 2.75) is 83.2 Å². The highest BCUT2D eigenvalue weighted by molar-refractivity contribution is 5.75. The highest BCUT2D eigenvalue weighted by atomic mass is 19.4. The lowest BCUT2D eigenvalue weighted by atomic mass is 9.78. The molecule has 170 valence electrons. The van der Waals surface area contributed by atoms with Crippen molar-refractivity contribution in [3.63, 3.8) is 0 Å². The van der Waals surface area contributed by atoms with E-state index in [-0.39, 0.29) is 18.6 Å². The molecule has 0 N–H and O–H groups in total. The van der Waals surface area contributed by atoms with Gasteiger partial charge in [0.2, 0.25) is 0 Å². The first-order chi connectivity index (χ1) is 14.1. The van der Waals surface area contributed by atoms with Crippen molar-refractivity contribution < 1.29 is 35.9 Å². The number of rotatable bonds is 9. The van der Waals surface area contributed by atoms with Crippen molar-refractivity contribution in [2.24, 2.45) is 11.8 Å². The SMILES string of the molecule is CCCCCCCc1ccc(OC(=O)C2CCC(C(F)(F)C(F)(F)F)CC2)c(F)c1. The number of carbonyl (C=O) groups excluding carboxylic acids is 1. The van der Waals surface area contributed by atoms with Gasteiger partial charge in [-0.2, -0.15) is 22.0 Å². The summed E-state index contributed by atoms with van der Waals surface area (Å²) in [5.74, 6) is -9.18. The van der Waals surface area contributed by atoms with Gasteiger partial charge in [-0.05, 0) is 56.2 Å². The lowest BCUT2D eigenvalue weighted by Crippen LogP contribution is -2.45. The largest absolute Gasteiger partial charge is 0.453 e. The van der Waals surface area contributed by atoms with Gasteiger partial charge in [-0.25, -0.2) is 4.39 Å². The van der Waals surface area contributed by atoms with Gasteiger partial charge in [-0.1, -0.05) is 38.7 Å². The van der Waals surface area contributed by atoms with Gasteiger partial charge in [0.15, 0.2) is 11.6 Å². The molecule has 0 aromatic heterocycles. The lowest BCUT2D eigenvalue weighted by molar-refractivity contribution is -0.306. The van der Waals surface area contributed by atoms with Crippen LogP contribution in [0.25, 0.3) is 0 Å². The predicted molar refractivity (Wildman–Crippen MR) is 101 cm³/mol. The second kappa shape index (κ2) is 10.5. The quantitative estimate of drug-likeness (QED) is 0.176. The van der Waals surface area contributed by atoms with E-state index in [1.807, 2.05) is 0 Å². The molecule has 1 aliphatic carbocycles. The molecule has 2 nitrogen and oxygen atoms in total. The Morgan fingerprint density at radius 1 is 1.00 bits per heavy atom. The van der Waals surface area contributed by atoms with Crippen molar-refractivity contribution in [1.29, 1.82) is 0 Å². The molecular weight excluding hydrogens is 410 g/mol. The van der Waals surface area contributed by atoms with E-state index in [2.05, 4.69) is 6.92 Å². The topological polar surface area (TPSA) is 26.3 Å². The third kappa shape index (κ3) is 6.38. The zero-order valence-electron chi connectivity index (χ0n) is 17.0. The second-order valence-electron chi connectivity index (χ2n) is 8.02. The van der Waals surface area contributed by atoms with Gasteiger partial charge >= 0.3 is 18.1 Å². The number of carbonyl (C=O) groups is 1. The molecule has 0 unspecified atom stereocenters. The number of hydrogen-bond donors (Lipinski definition) is 0. The van der Waals surface area contributed by atoms with Gasteiger partial charge < -0.3 is 4.74 Å². The summed E-state index contributed by atoms with van der Waals surface area (Å²) in [5, 5.41) is 0. The zero-order valence-corrected chi connectivity index (χ0v) is 17.0. The summed E-state index contributed by atoms with van der Waals surface area (Å²) >= 11 is 0. The van der Waals surface area contributed by atoms with Crippen molar-refractivity contribution in [2.75, 3.05) is 0 Å². The summed E-state index contributed by atoms with van der Waals surface area (Å²) < 4.78 is 83.7. The van der Waals surface area contributed by atoms with Crippen LogP contribution in [0.4, 0.5) is 26.3 Å². The van der Waals surface area contributed by atoms with Gasteiger partial charge in [-0.3, -0.25) is 4.79 Å². The van der Waals surface area contributed by atoms with Gasteiger partial charge in [-0.15, -0.1) is 0 Å². The van der Waals surface area contributed by atoms with Crippen LogP contribution in [0.1, 0.15) is 70.3 Å². The summed E-state index contributed by atoms with van der Waals surface area (Å²) in [6, 6.07) is 4.34. The number of hydrogen-bond acceptors (Lipinski definition) is 2. The van der Waals surface area contributed by atoms with Crippen LogP contribution < -0.4 is 4.74 Å². The standard InChI is InChI=1S/C22H28F6O2/c1-2-3-4-5-6-7-15-8-13-19(18(23)14-15)30-20(29)16-9-11-17(12-10-16)21(24,25)22(26,27)28/h8,13-14,16-17H,2-7,9-12H2,1H3. The number of ether oxygens (including phenoxy) is 1. The van der Waals surface area contributed by atoms with Gasteiger partial charge in [0.05, 0.1) is 5.92 Å². The average Bonchev–Trinajstić information content (AvgIpc) is 2.69. The Morgan fingerprint density at radius 2 is 1.63 bits per heavy atom. The highest BCUT2D eigenvalue weighted by Gasteiger charge is 2.62. The molecule has 0 aliphatic heterocycles. The van der Waals surface area contributed by atoms with Crippen molar-refractivity contribution in [1.82, 2.24) is 0 Å². The molecule has 1 saturated carbocycles. The molecule has 1 aromatic rings. The van der Waals surface area contributed by atoms with Crippen molar-refractivity contribution in [3.8, 4) is 5.75 Å². The molecule has 0 spiro atoms. The molecule has 0 atom stereocenters. The highest BCUT2D eigenvalue weighted by Crippen LogP contribution is 2.47. The lowest BCUT2D eigenvalue weighted by Gasteiger charge is -2.33. The van der Waals surface area contributed by atoms with E-state index in [1.54, 1.807) is 6.07 Å². The van der Waals surface area contributed by atoms with Crippen molar-refractivity contribution >= 4 is 5.97 Å². The minimum Gasteiger partial charge on any atom is -0.423 e. The normalized spacial score (nSPS) is 20.2. The summed E-state index contributed by atoms with van der Waals surface area (Å²) in [6.07, 6.45) is -0.631. The third-order valence-corrected chi connectivity index (χ3v) is 5.73. The van der Waals surface area contributed by atoms with E-state index in [1.165, 1.54) is 18.6 Å². The monoisotopic (exact) mass is 438 g/mol. The fraction of sp³-hybridized carbons (Fsp3) is 0.682. The second-order valence-corrected chi connectivity index (χ2v) is 8.02. The smallest absolute Gasteiger partial charge is 0.423 e. The fourth-order valence-electron chi connectivity index (χ4n) is 3.83. The molecule has 8 heteroatoms. The Labute approximate surface area is 173 Å². The molecule has 0 saturated heterocycles. The molecule has 0 bridgehead atoms. The molecule has 1 aromatic carbocycles. The van der Waals surface area contributed by atoms with Gasteiger partial charge in [0.25, 0.3) is 0 Å². The molecule has 0 radical (unpaired) electrons. The minimum absolute atomic E-state index is 0.146. The first-order valence-corrected chi connectivity index (χ1v) is 10.5. The minimum atomic E-state index is -5.61. The molecule has 0 amide bonds. The van der Waals surface area contributed by atoms with Crippen LogP contribution in [-0.4, -0.2) is 18.1 Å². The Hall–Kier alpha value is -1.73. The summed E-state index contributed by atoms with van der Waals surface area (Å²) in [6.45, 7) is 2.12. The van der Waals surface area contributed by atoms with Crippen LogP contribution in [0, 0.1) is 17.7 Å². The number of aryl methyl sites for hydroxylation is 1. The molecule has 1 fully saturated rings. The first kappa shape index (κ1) is 24.5. The zero-order chi connectivity index (χ0) is 22.4. The van der Waals surface area contributed by atoms with Crippen LogP contribution in [0.3, 0.4) is 0 Å². The van der Waals surface area contributed by atoms with E-state index < -0.39 is 48.6 Å². The number of alkyl halides is 5. The van der Waals surface area contributed by atoms with E-state index >= 15 is 0 Å². The van der Waals surface area contributed by atoms with Crippen LogP contribution in [0.15, 0.2) is 18.2 Å². The fourth-order valence-corrected chi connectivity index (χ4v) is 3.83. The summed E-state index contributed by atoms with van der Waals surface area (Å²) in [4.78, 5) is 12.2. The van der Waals surface area contributed by atoms with Crippen LogP contribution >= 0.6 is 0 Å². The Bertz CT molecular complexity index is 693. The van der Waals surface area contributed by atoms with Crippen LogP contribution in [0.2, 0.25) is 0 Å². The van der Waals surface area contributed by atoms with Crippen molar-refractivity contribution in [3.05, 3.63) is 29.6 Å². The number of esters is 1. The number of benzene rings is 1. The first-order valence-electron chi connectivity index (χ1n) is 10.5. The number of unbranched alkanes of at least 4 members (excludes halogenated alkanes) is 4. The Balaban J connectivity index is 1.85. The predicted octanol–water partition coefficient (Wildman–Crippen LogP) is 7.25. The van der Waals surface area contributed by atoms with E-state index in [4.69, 9.17) is 4.74 Å². The Morgan fingerprint density at radius 3 is 2.20 bits per heavy atom. The maximum Gasteiger partial charge on any atom is 0.453 e. The molecule has 30 heavy (non-hydrogen) atoms. The van der Waals surface area contributed by atoms with Gasteiger partial charge in [0.1, 0.15) is 0 Å². The maximum atomic E-state index is 14.3. The molecular formula is C22H28F6O2. The van der Waals surface area contributed by atoms with Gasteiger partial charge in [0, 0.05) is 5.92 Å². The van der Waals surface area contributed by atoms with Crippen LogP contribution in [-0.2, 0) is 11.2 Å². The van der Waals surface area contributed by atoms with E-state index in [0.29, 0.717) is 6.42 Å². The number of halogens is 6. The molecule has 1 aliphatic rings. The van der Waals surface area contributed by atoms with E-state index in [0.717, 1.165) is 31.2 Å². The van der Waals surface area contributed by atoms with Crippen LogP contribution in [0.5, 0.6) is 5.75 Å². The third-order valence-electron chi connectivity index (χ3n) is 5.73. The van der Waals surface area contributed by atoms with E-state index in [9.17, 15) is 31.1 Å². The average molecular weight is 438 g/mol. The summed E-state index contributed by atoms with van der Waals surface area (Å²) in [7, 11) is 0. The summed E-state index contributed by atoms with van der Waals surface area (Å²) in [5.41, 5.74) is 0.790. The molecule has 2 rings (SSSR count). The molecule has 0 heterocycles. The Kier molecular flexibility index (Phi) is 8.62. The maximum absolute atomic E-state index is 14.3.